The van der Waals surface area contributed by atoms with E-state index in [1.165, 1.54) is 37.2 Å². The van der Waals surface area contributed by atoms with E-state index >= 15 is 0 Å². The molecule has 2 heterocycles. The number of aryl methyl sites for hydroxylation is 1. The summed E-state index contributed by atoms with van der Waals surface area (Å²) in [6.45, 7) is 1.94. The molecule has 1 amide bonds. The predicted octanol–water partition coefficient (Wildman–Crippen LogP) is 1.69. The average Bonchev–Trinajstić information content (AvgIpc) is 3.46. The van der Waals surface area contributed by atoms with Crippen molar-refractivity contribution in [3.8, 4) is 34.3 Å². The number of amides is 1. The summed E-state index contributed by atoms with van der Waals surface area (Å²) < 4.78 is 16.2. The van der Waals surface area contributed by atoms with Crippen LogP contribution in [-0.4, -0.2) is 56.8 Å². The molecular formula is C21H20N8O5. The number of aromatic nitrogens is 5. The minimum Gasteiger partial charge on any atom is -0.502 e. The second-order valence-electron chi connectivity index (χ2n) is 7.01. The van der Waals surface area contributed by atoms with Crippen molar-refractivity contribution in [2.45, 2.75) is 6.92 Å². The maximum Gasteiger partial charge on any atom is 0.294 e. The summed E-state index contributed by atoms with van der Waals surface area (Å²) in [5.41, 5.74) is 10.7. The number of hydrogen-bond donors (Lipinski definition) is 3. The van der Waals surface area contributed by atoms with Gasteiger partial charge in [0, 0.05) is 11.1 Å². The highest BCUT2D eigenvalue weighted by Gasteiger charge is 2.25. The number of ether oxygens (including phenoxy) is 2. The molecular weight excluding hydrogens is 444 g/mol. The molecule has 174 valence electrons. The summed E-state index contributed by atoms with van der Waals surface area (Å²) >= 11 is 0. The number of carbonyl (C=O) groups excluding carboxylic acids is 1. The van der Waals surface area contributed by atoms with Gasteiger partial charge in [0.15, 0.2) is 17.2 Å². The number of carbonyl (C=O) groups is 1. The van der Waals surface area contributed by atoms with Crippen LogP contribution in [0.15, 0.2) is 46.1 Å². The zero-order valence-electron chi connectivity index (χ0n) is 18.4. The number of methoxy groups -OCH3 is 2. The SMILES string of the molecule is COc1cc(C=NNC(=O)c2nnn(-c3nonc3N)c2-c2ccc(C)cc2)cc(OC)c1O. The van der Waals surface area contributed by atoms with Crippen LogP contribution in [0.5, 0.6) is 17.2 Å². The molecule has 0 aliphatic carbocycles. The van der Waals surface area contributed by atoms with Gasteiger partial charge in [-0.15, -0.1) is 5.10 Å². The van der Waals surface area contributed by atoms with Crippen LogP contribution in [0.3, 0.4) is 0 Å². The zero-order valence-corrected chi connectivity index (χ0v) is 18.4. The maximum absolute atomic E-state index is 12.9. The van der Waals surface area contributed by atoms with E-state index in [9.17, 15) is 9.90 Å². The summed E-state index contributed by atoms with van der Waals surface area (Å²) in [6.07, 6.45) is 1.36. The Bertz CT molecular complexity index is 1330. The molecule has 34 heavy (non-hydrogen) atoms. The quantitative estimate of drug-likeness (QED) is 0.269. The highest BCUT2D eigenvalue weighted by Crippen LogP contribution is 2.36. The number of benzene rings is 2. The lowest BCUT2D eigenvalue weighted by molar-refractivity contribution is 0.0950. The lowest BCUT2D eigenvalue weighted by atomic mass is 10.1. The van der Waals surface area contributed by atoms with E-state index in [1.807, 2.05) is 31.2 Å². The number of anilines is 1. The van der Waals surface area contributed by atoms with E-state index < -0.39 is 5.91 Å². The van der Waals surface area contributed by atoms with E-state index in [4.69, 9.17) is 15.2 Å². The second kappa shape index (κ2) is 9.28. The number of hydrogen-bond acceptors (Lipinski definition) is 11. The normalized spacial score (nSPS) is 11.0. The molecule has 0 saturated carbocycles. The largest absolute Gasteiger partial charge is 0.502 e. The van der Waals surface area contributed by atoms with Crippen LogP contribution in [0.1, 0.15) is 21.6 Å². The van der Waals surface area contributed by atoms with Crippen molar-refractivity contribution in [3.05, 3.63) is 53.2 Å². The Balaban J connectivity index is 1.66. The molecule has 0 fully saturated rings. The van der Waals surface area contributed by atoms with Crippen molar-refractivity contribution < 1.29 is 24.0 Å². The van der Waals surface area contributed by atoms with Crippen molar-refractivity contribution in [3.63, 3.8) is 0 Å². The van der Waals surface area contributed by atoms with Gasteiger partial charge in [-0.25, -0.2) is 10.1 Å². The molecule has 0 radical (unpaired) electrons. The molecule has 0 spiro atoms. The van der Waals surface area contributed by atoms with Crippen LogP contribution < -0.4 is 20.6 Å². The number of nitrogens with two attached hydrogens (primary N) is 1. The number of nitrogens with one attached hydrogen (secondary N) is 1. The lowest BCUT2D eigenvalue weighted by Crippen LogP contribution is -2.19. The van der Waals surface area contributed by atoms with E-state index in [-0.39, 0.29) is 34.6 Å². The van der Waals surface area contributed by atoms with Crippen LogP contribution in [0.25, 0.3) is 17.1 Å². The van der Waals surface area contributed by atoms with Crippen molar-refractivity contribution in [1.82, 2.24) is 30.7 Å². The third kappa shape index (κ3) is 4.21. The van der Waals surface area contributed by atoms with Crippen LogP contribution in [0.2, 0.25) is 0 Å². The molecule has 0 aliphatic heterocycles. The molecule has 2 aromatic heterocycles. The summed E-state index contributed by atoms with van der Waals surface area (Å²) in [5.74, 6) is -0.323. The Labute approximate surface area is 192 Å². The third-order valence-corrected chi connectivity index (χ3v) is 4.79. The van der Waals surface area contributed by atoms with Gasteiger partial charge in [-0.05, 0) is 29.4 Å². The molecule has 13 nitrogen and oxygen atoms in total. The topological polar surface area (TPSA) is 176 Å². The summed E-state index contributed by atoms with van der Waals surface area (Å²) in [5, 5.41) is 29.3. The molecule has 0 aliphatic rings. The number of nitrogen functional groups attached to an aromatic ring is 1. The Morgan fingerprint density at radius 3 is 2.44 bits per heavy atom. The van der Waals surface area contributed by atoms with Gasteiger partial charge in [0.1, 0.15) is 5.69 Å². The second-order valence-corrected chi connectivity index (χ2v) is 7.01. The van der Waals surface area contributed by atoms with Gasteiger partial charge in [0.2, 0.25) is 17.4 Å². The predicted molar refractivity (Wildman–Crippen MR) is 120 cm³/mol. The van der Waals surface area contributed by atoms with Gasteiger partial charge >= 0.3 is 0 Å². The van der Waals surface area contributed by atoms with Crippen molar-refractivity contribution in [2.24, 2.45) is 5.10 Å². The number of phenols is 1. The van der Waals surface area contributed by atoms with Crippen molar-refractivity contribution in [2.75, 3.05) is 20.0 Å². The Hall–Kier alpha value is -4.94. The van der Waals surface area contributed by atoms with Gasteiger partial charge in [-0.1, -0.05) is 35.0 Å². The number of aromatic hydroxyl groups is 1. The third-order valence-electron chi connectivity index (χ3n) is 4.79. The molecule has 4 rings (SSSR count). The van der Waals surface area contributed by atoms with Gasteiger partial charge in [0.05, 0.1) is 20.4 Å². The first kappa shape index (κ1) is 22.3. The van der Waals surface area contributed by atoms with Crippen LogP contribution in [0, 0.1) is 6.92 Å². The van der Waals surface area contributed by atoms with Gasteiger partial charge in [0.25, 0.3) is 5.91 Å². The molecule has 13 heteroatoms. The van der Waals surface area contributed by atoms with E-state index in [0.717, 1.165) is 5.56 Å². The summed E-state index contributed by atoms with van der Waals surface area (Å²) in [4.78, 5) is 12.9. The molecule has 0 atom stereocenters. The number of hydrazone groups is 1. The monoisotopic (exact) mass is 464 g/mol. The summed E-state index contributed by atoms with van der Waals surface area (Å²) in [7, 11) is 2.81. The molecule has 0 unspecified atom stereocenters. The Morgan fingerprint density at radius 1 is 1.18 bits per heavy atom. The fraction of sp³-hybridized carbons (Fsp3) is 0.143. The number of nitrogens with zero attached hydrogens (tertiary/aromatic N) is 6. The molecule has 4 aromatic rings. The van der Waals surface area contributed by atoms with E-state index in [0.29, 0.717) is 16.8 Å². The number of phenolic OH excluding ortho intramolecular Hbond substituents is 1. The standard InChI is InChI=1S/C21H20N8O5/c1-11-4-6-13(7-5-11)17-16(24-28-29(17)20-19(22)26-34-27-20)21(31)25-23-10-12-8-14(32-2)18(30)15(9-12)33-3/h4-10,30H,1-3H3,(H2,22,26)(H,25,31). The minimum atomic E-state index is -0.634. The molecule has 0 bridgehead atoms. The van der Waals surface area contributed by atoms with Crippen LogP contribution in [0.4, 0.5) is 5.82 Å². The Kier molecular flexibility index (Phi) is 6.07. The van der Waals surface area contributed by atoms with Gasteiger partial charge in [-0.2, -0.15) is 9.78 Å². The Morgan fingerprint density at radius 2 is 1.85 bits per heavy atom. The first-order chi connectivity index (χ1) is 16.4. The highest BCUT2D eigenvalue weighted by atomic mass is 16.6. The van der Waals surface area contributed by atoms with Gasteiger partial charge in [-0.3, -0.25) is 4.79 Å². The fourth-order valence-electron chi connectivity index (χ4n) is 3.10. The first-order valence-corrected chi connectivity index (χ1v) is 9.82. The summed E-state index contributed by atoms with van der Waals surface area (Å²) in [6, 6.07) is 10.4. The maximum atomic E-state index is 12.9. The number of rotatable bonds is 7. The zero-order chi connectivity index (χ0) is 24.2. The van der Waals surface area contributed by atoms with E-state index in [1.54, 1.807) is 0 Å². The van der Waals surface area contributed by atoms with Crippen LogP contribution in [-0.2, 0) is 0 Å². The molecule has 0 saturated heterocycles. The van der Waals surface area contributed by atoms with Crippen molar-refractivity contribution >= 4 is 17.9 Å². The molecule has 2 aromatic carbocycles. The highest BCUT2D eigenvalue weighted by molar-refractivity contribution is 5.99. The van der Waals surface area contributed by atoms with Gasteiger partial charge < -0.3 is 20.3 Å². The van der Waals surface area contributed by atoms with E-state index in [2.05, 4.69) is 35.8 Å². The van der Waals surface area contributed by atoms with Crippen LogP contribution >= 0.6 is 0 Å². The lowest BCUT2D eigenvalue weighted by Gasteiger charge is -2.09. The smallest absolute Gasteiger partial charge is 0.294 e. The average molecular weight is 464 g/mol. The fourth-order valence-corrected chi connectivity index (χ4v) is 3.10. The minimum absolute atomic E-state index is 0.0153. The molecule has 4 N–H and O–H groups in total. The first-order valence-electron chi connectivity index (χ1n) is 9.82. The van der Waals surface area contributed by atoms with Crippen molar-refractivity contribution in [1.29, 1.82) is 0 Å².